The van der Waals surface area contributed by atoms with E-state index in [-0.39, 0.29) is 13.2 Å². The van der Waals surface area contributed by atoms with Gasteiger partial charge in [-0.25, -0.2) is 0 Å². The fraction of sp³-hybridized carbons (Fsp3) is 0.300. The maximum Gasteiger partial charge on any atom is 0.123 e. The van der Waals surface area contributed by atoms with Gasteiger partial charge >= 0.3 is 0 Å². The molecule has 0 atom stereocenters. The van der Waals surface area contributed by atoms with Crippen LogP contribution in [0.4, 0.5) is 0 Å². The van der Waals surface area contributed by atoms with Crippen molar-refractivity contribution < 1.29 is 14.9 Å². The zero-order valence-electron chi connectivity index (χ0n) is 13.6. The van der Waals surface area contributed by atoms with Crippen molar-refractivity contribution >= 4 is 21.5 Å². The molecule has 3 aromatic rings. The van der Waals surface area contributed by atoms with E-state index in [0.29, 0.717) is 13.0 Å². The largest absolute Gasteiger partial charge is 0.494 e. The van der Waals surface area contributed by atoms with E-state index in [4.69, 9.17) is 4.74 Å². The molecule has 0 aliphatic rings. The zero-order valence-corrected chi connectivity index (χ0v) is 13.6. The summed E-state index contributed by atoms with van der Waals surface area (Å²) in [6.07, 6.45) is 0.557. The summed E-state index contributed by atoms with van der Waals surface area (Å²) in [5.74, 6) is 0.788. The molecule has 0 aliphatic heterocycles. The highest BCUT2D eigenvalue weighted by Gasteiger charge is 2.12. The Balaban J connectivity index is 2.39. The first-order valence-corrected chi connectivity index (χ1v) is 8.01. The Bertz CT molecular complexity index is 852. The number of hydrogen-bond donors (Lipinski definition) is 2. The minimum atomic E-state index is -0.00870. The van der Waals surface area contributed by atoms with Crippen LogP contribution in [0.25, 0.3) is 21.5 Å². The van der Waals surface area contributed by atoms with Gasteiger partial charge in [-0.05, 0) is 71.1 Å². The highest BCUT2D eigenvalue weighted by Crippen LogP contribution is 2.34. The number of aryl methyl sites for hydroxylation is 1. The second-order valence-electron chi connectivity index (χ2n) is 5.83. The number of aliphatic hydroxyl groups excluding tert-OH is 2. The summed E-state index contributed by atoms with van der Waals surface area (Å²) >= 11 is 0. The van der Waals surface area contributed by atoms with Crippen LogP contribution in [0.5, 0.6) is 5.75 Å². The van der Waals surface area contributed by atoms with Crippen molar-refractivity contribution in [2.45, 2.75) is 26.9 Å². The molecule has 0 radical (unpaired) electrons. The molecule has 0 heterocycles. The fourth-order valence-electron chi connectivity index (χ4n) is 3.14. The first kappa shape index (κ1) is 15.8. The number of aliphatic hydroxyl groups is 2. The smallest absolute Gasteiger partial charge is 0.123 e. The number of rotatable bonds is 5. The lowest BCUT2D eigenvalue weighted by Crippen LogP contribution is -2.00. The van der Waals surface area contributed by atoms with Crippen molar-refractivity contribution in [1.82, 2.24) is 0 Å². The molecule has 3 heteroatoms. The van der Waals surface area contributed by atoms with E-state index in [0.717, 1.165) is 33.0 Å². The summed E-state index contributed by atoms with van der Waals surface area (Å²) in [7, 11) is 0. The monoisotopic (exact) mass is 310 g/mol. The first-order chi connectivity index (χ1) is 11.2. The van der Waals surface area contributed by atoms with Crippen molar-refractivity contribution in [3.05, 3.63) is 53.1 Å². The lowest BCUT2D eigenvalue weighted by molar-refractivity contribution is 0.283. The minimum absolute atomic E-state index is 0.00870. The number of benzene rings is 3. The molecule has 0 spiro atoms. The molecule has 0 amide bonds. The van der Waals surface area contributed by atoms with E-state index in [1.807, 2.05) is 19.1 Å². The molecule has 0 aliphatic carbocycles. The third-order valence-corrected chi connectivity index (χ3v) is 4.23. The van der Waals surface area contributed by atoms with E-state index < -0.39 is 0 Å². The molecule has 0 saturated carbocycles. The Kier molecular flexibility index (Phi) is 4.51. The summed E-state index contributed by atoms with van der Waals surface area (Å²) in [6, 6.07) is 12.5. The van der Waals surface area contributed by atoms with Gasteiger partial charge in [0.2, 0.25) is 0 Å². The molecule has 2 N–H and O–H groups in total. The molecule has 0 saturated heterocycles. The van der Waals surface area contributed by atoms with E-state index in [1.165, 1.54) is 10.9 Å². The normalized spacial score (nSPS) is 11.3. The van der Waals surface area contributed by atoms with E-state index in [2.05, 4.69) is 31.2 Å². The second-order valence-corrected chi connectivity index (χ2v) is 5.83. The number of fused-ring (bicyclic) bond motifs is 3. The predicted octanol–water partition coefficient (Wildman–Crippen LogP) is 3.73. The zero-order chi connectivity index (χ0) is 16.4. The van der Waals surface area contributed by atoms with Crippen LogP contribution in [-0.4, -0.2) is 23.4 Å². The second kappa shape index (κ2) is 6.57. The fourth-order valence-corrected chi connectivity index (χ4v) is 3.14. The van der Waals surface area contributed by atoms with Crippen LogP contribution in [-0.2, 0) is 13.0 Å². The molecule has 0 fully saturated rings. The molecular formula is C20H22O3. The molecule has 3 nitrogen and oxygen atoms in total. The standard InChI is InChI=1S/C20H22O3/c1-3-23-20-11-18-16(12-22)9-14-5-4-13(2)8-17(14)19(18)10-15(20)6-7-21/h4-5,8-11,21-22H,3,6-7,12H2,1-2H3. The Morgan fingerprint density at radius 1 is 0.913 bits per heavy atom. The number of hydrogen-bond acceptors (Lipinski definition) is 3. The Hall–Kier alpha value is -2.10. The average molecular weight is 310 g/mol. The lowest BCUT2D eigenvalue weighted by atomic mass is 9.94. The minimum Gasteiger partial charge on any atom is -0.494 e. The third-order valence-electron chi connectivity index (χ3n) is 4.23. The van der Waals surface area contributed by atoms with Gasteiger partial charge in [0.15, 0.2) is 0 Å². The van der Waals surface area contributed by atoms with Crippen LogP contribution in [0.1, 0.15) is 23.6 Å². The van der Waals surface area contributed by atoms with Gasteiger partial charge in [-0.3, -0.25) is 0 Å². The molecule has 3 rings (SSSR count). The van der Waals surface area contributed by atoms with Crippen molar-refractivity contribution in [2.24, 2.45) is 0 Å². The Morgan fingerprint density at radius 3 is 2.43 bits per heavy atom. The average Bonchev–Trinajstić information content (AvgIpc) is 2.55. The maximum absolute atomic E-state index is 9.76. The van der Waals surface area contributed by atoms with E-state index in [9.17, 15) is 10.2 Å². The summed E-state index contributed by atoms with van der Waals surface area (Å²) in [6.45, 7) is 4.68. The van der Waals surface area contributed by atoms with Crippen molar-refractivity contribution in [2.75, 3.05) is 13.2 Å². The quantitative estimate of drug-likeness (QED) is 0.706. The highest BCUT2D eigenvalue weighted by atomic mass is 16.5. The van der Waals surface area contributed by atoms with Gasteiger partial charge < -0.3 is 14.9 Å². The highest BCUT2D eigenvalue weighted by molar-refractivity contribution is 6.10. The van der Waals surface area contributed by atoms with Crippen molar-refractivity contribution in [1.29, 1.82) is 0 Å². The van der Waals surface area contributed by atoms with Crippen LogP contribution in [0.15, 0.2) is 36.4 Å². The van der Waals surface area contributed by atoms with Crippen molar-refractivity contribution in [3.8, 4) is 5.75 Å². The maximum atomic E-state index is 9.76. The topological polar surface area (TPSA) is 49.7 Å². The summed E-state index contributed by atoms with van der Waals surface area (Å²) < 4.78 is 5.74. The summed E-state index contributed by atoms with van der Waals surface area (Å²) in [4.78, 5) is 0. The van der Waals surface area contributed by atoms with E-state index >= 15 is 0 Å². The van der Waals surface area contributed by atoms with Gasteiger partial charge in [-0.2, -0.15) is 0 Å². The third kappa shape index (κ3) is 2.90. The number of ether oxygens (including phenoxy) is 1. The molecule has 3 aromatic carbocycles. The van der Waals surface area contributed by atoms with Crippen LogP contribution in [0.2, 0.25) is 0 Å². The first-order valence-electron chi connectivity index (χ1n) is 8.01. The van der Waals surface area contributed by atoms with Crippen LogP contribution in [0.3, 0.4) is 0 Å². The van der Waals surface area contributed by atoms with Crippen LogP contribution < -0.4 is 4.74 Å². The van der Waals surface area contributed by atoms with Gasteiger partial charge in [0.05, 0.1) is 13.2 Å². The Labute approximate surface area is 136 Å². The lowest BCUT2D eigenvalue weighted by Gasteiger charge is -2.15. The van der Waals surface area contributed by atoms with Gasteiger partial charge in [0, 0.05) is 6.61 Å². The van der Waals surface area contributed by atoms with Crippen LogP contribution >= 0.6 is 0 Å². The molecule has 120 valence electrons. The van der Waals surface area contributed by atoms with Gasteiger partial charge in [0.1, 0.15) is 5.75 Å². The van der Waals surface area contributed by atoms with E-state index in [1.54, 1.807) is 0 Å². The van der Waals surface area contributed by atoms with Crippen molar-refractivity contribution in [3.63, 3.8) is 0 Å². The van der Waals surface area contributed by atoms with Gasteiger partial charge in [-0.15, -0.1) is 0 Å². The van der Waals surface area contributed by atoms with Gasteiger partial charge in [0.25, 0.3) is 0 Å². The van der Waals surface area contributed by atoms with Gasteiger partial charge in [-0.1, -0.05) is 23.8 Å². The SMILES string of the molecule is CCOc1cc2c(CO)cc3ccc(C)cc3c2cc1CCO. The molecule has 0 aromatic heterocycles. The Morgan fingerprint density at radius 2 is 1.74 bits per heavy atom. The molecule has 0 bridgehead atoms. The molecular weight excluding hydrogens is 288 g/mol. The molecule has 23 heavy (non-hydrogen) atoms. The summed E-state index contributed by atoms with van der Waals surface area (Å²) in [5, 5.41) is 23.5. The van der Waals surface area contributed by atoms with Crippen LogP contribution in [0, 0.1) is 6.92 Å². The summed E-state index contributed by atoms with van der Waals surface area (Å²) in [5.41, 5.74) is 3.10. The molecule has 0 unspecified atom stereocenters. The predicted molar refractivity (Wildman–Crippen MR) is 94.1 cm³/mol.